The Balaban J connectivity index is 0.00000109. The van der Waals surface area contributed by atoms with Crippen molar-refractivity contribution in [2.75, 3.05) is 50.0 Å². The molecule has 0 bridgehead atoms. The minimum absolute atomic E-state index is 0. The van der Waals surface area contributed by atoms with Crippen LogP contribution < -0.4 is 10.2 Å². The number of carbonyl (C=O) groups is 2. The Morgan fingerprint density at radius 1 is 1.07 bits per heavy atom. The van der Waals surface area contributed by atoms with Crippen LogP contribution in [0.5, 0.6) is 0 Å². The number of hydrogen-bond donors (Lipinski definition) is 1. The van der Waals surface area contributed by atoms with E-state index < -0.39 is 0 Å². The van der Waals surface area contributed by atoms with Gasteiger partial charge in [-0.3, -0.25) is 19.4 Å². The number of fused-ring (bicyclic) bond motifs is 2. The summed E-state index contributed by atoms with van der Waals surface area (Å²) >= 11 is 0. The number of amides is 2. The number of likely N-dealkylation sites (N-methyl/N-ethyl adjacent to an activating group) is 1. The van der Waals surface area contributed by atoms with Gasteiger partial charge in [0, 0.05) is 32.4 Å². The molecule has 9 heteroatoms. The van der Waals surface area contributed by atoms with Gasteiger partial charge in [0.1, 0.15) is 0 Å². The molecule has 2 aliphatic rings. The molecule has 162 valence electrons. The van der Waals surface area contributed by atoms with E-state index in [1.54, 1.807) is 41.4 Å². The molecule has 0 spiro atoms. The first kappa shape index (κ1) is 25.6. The lowest BCUT2D eigenvalue weighted by Gasteiger charge is -2.33. The number of piperazine rings is 1. The monoisotopic (exact) mass is 451 g/mol. The van der Waals surface area contributed by atoms with Crippen LogP contribution >= 0.6 is 24.8 Å². The molecule has 4 rings (SSSR count). The molecule has 2 aromatic rings. The first-order chi connectivity index (χ1) is 13.6. The molecular weight excluding hydrogens is 425 g/mol. The molecule has 0 radical (unpaired) electrons. The molecule has 7 nitrogen and oxygen atoms in total. The second-order valence-corrected chi connectivity index (χ2v) is 6.65. The van der Waals surface area contributed by atoms with Crippen molar-refractivity contribution in [3.8, 4) is 0 Å². The third-order valence-corrected chi connectivity index (χ3v) is 4.84. The fourth-order valence-corrected chi connectivity index (χ4v) is 3.36. The smallest absolute Gasteiger partial charge is 0.257 e. The zero-order chi connectivity index (χ0) is 20.1. The topological polar surface area (TPSA) is 68.8 Å². The number of benzene rings is 1. The molecule has 0 atom stereocenters. The Labute approximate surface area is 189 Å². The Bertz CT molecular complexity index is 872. The number of hydrogen-bond acceptors (Lipinski definition) is 5. The molecule has 3 heterocycles. The number of rotatable bonds is 2. The lowest BCUT2D eigenvalue weighted by Crippen LogP contribution is -2.48. The quantitative estimate of drug-likeness (QED) is 0.709. The number of aromatic nitrogens is 1. The van der Waals surface area contributed by atoms with Gasteiger partial charge in [-0.1, -0.05) is 12.1 Å². The van der Waals surface area contributed by atoms with Crippen molar-refractivity contribution < 1.29 is 9.59 Å². The zero-order valence-electron chi connectivity index (χ0n) is 16.9. The van der Waals surface area contributed by atoms with Gasteiger partial charge in [-0.15, -0.1) is 38.0 Å². The molecule has 2 amide bonds. The van der Waals surface area contributed by atoms with E-state index in [1.165, 1.54) is 0 Å². The molecule has 0 saturated carbocycles. The summed E-state index contributed by atoms with van der Waals surface area (Å²) in [5.41, 5.74) is 1.58. The Hall–Kier alpha value is -2.45. The molecule has 1 N–H and O–H groups in total. The summed E-state index contributed by atoms with van der Waals surface area (Å²) in [5.74, 6) is 0.146. The van der Waals surface area contributed by atoms with Crippen molar-refractivity contribution in [1.29, 1.82) is 0 Å². The molecule has 0 aliphatic carbocycles. The first-order valence-corrected chi connectivity index (χ1v) is 9.23. The number of para-hydroxylation sites is 1. The molecule has 2 aliphatic heterocycles. The van der Waals surface area contributed by atoms with E-state index in [4.69, 9.17) is 0 Å². The highest BCUT2D eigenvalue weighted by Crippen LogP contribution is 2.36. The first-order valence-electron chi connectivity index (χ1n) is 9.23. The summed E-state index contributed by atoms with van der Waals surface area (Å²) in [6.07, 6.45) is 1.63. The van der Waals surface area contributed by atoms with Crippen LogP contribution in [0.2, 0.25) is 0 Å². The molecule has 1 saturated heterocycles. The molecule has 0 unspecified atom stereocenters. The van der Waals surface area contributed by atoms with Gasteiger partial charge in [0.15, 0.2) is 5.82 Å². The third-order valence-electron chi connectivity index (χ3n) is 4.84. The summed E-state index contributed by atoms with van der Waals surface area (Å²) in [5, 5.41) is 2.86. The zero-order valence-corrected chi connectivity index (χ0v) is 18.5. The summed E-state index contributed by atoms with van der Waals surface area (Å²) in [7, 11) is 2.08. The fraction of sp³-hybridized carbons (Fsp3) is 0.286. The maximum atomic E-state index is 13.2. The maximum Gasteiger partial charge on any atom is 0.257 e. The molecular formula is C21H27Cl2N5O2. The van der Waals surface area contributed by atoms with Gasteiger partial charge in [-0.25, -0.2) is 4.98 Å². The lowest BCUT2D eigenvalue weighted by molar-refractivity contribution is -0.119. The van der Waals surface area contributed by atoms with Gasteiger partial charge in [0.25, 0.3) is 5.91 Å². The van der Waals surface area contributed by atoms with E-state index in [9.17, 15) is 9.59 Å². The normalized spacial score (nSPS) is 15.6. The number of carbonyl (C=O) groups excluding carboxylic acids is 2. The van der Waals surface area contributed by atoms with Gasteiger partial charge in [-0.2, -0.15) is 0 Å². The summed E-state index contributed by atoms with van der Waals surface area (Å²) in [6, 6.07) is 10.7. The highest BCUT2D eigenvalue weighted by atomic mass is 35.5. The van der Waals surface area contributed by atoms with Crippen molar-refractivity contribution in [3.63, 3.8) is 0 Å². The molecule has 1 fully saturated rings. The van der Waals surface area contributed by atoms with Crippen LogP contribution in [-0.4, -0.2) is 66.4 Å². The number of anilines is 3. The van der Waals surface area contributed by atoms with Gasteiger partial charge in [0.2, 0.25) is 5.91 Å². The average molecular weight is 452 g/mol. The number of halogens is 2. The van der Waals surface area contributed by atoms with E-state index in [2.05, 4.69) is 40.3 Å². The number of nitrogens with zero attached hydrogens (tertiary/aromatic N) is 4. The highest BCUT2D eigenvalue weighted by molar-refractivity contribution is 6.17. The van der Waals surface area contributed by atoms with Crippen LogP contribution in [-0.2, 0) is 4.79 Å². The van der Waals surface area contributed by atoms with Crippen LogP contribution in [0, 0.1) is 0 Å². The van der Waals surface area contributed by atoms with Crippen molar-refractivity contribution in [2.45, 2.75) is 0 Å². The van der Waals surface area contributed by atoms with Gasteiger partial charge < -0.3 is 10.2 Å². The fourth-order valence-electron chi connectivity index (χ4n) is 3.36. The highest BCUT2D eigenvalue weighted by Gasteiger charge is 2.31. The van der Waals surface area contributed by atoms with E-state index >= 15 is 0 Å². The van der Waals surface area contributed by atoms with Gasteiger partial charge in [0.05, 0.1) is 23.5 Å². The molecule has 30 heavy (non-hydrogen) atoms. The van der Waals surface area contributed by atoms with E-state index in [0.29, 0.717) is 29.3 Å². The van der Waals surface area contributed by atoms with Crippen LogP contribution in [0.3, 0.4) is 0 Å². The van der Waals surface area contributed by atoms with E-state index in [1.807, 2.05) is 6.07 Å². The van der Waals surface area contributed by atoms with Gasteiger partial charge in [-0.05, 0) is 31.3 Å². The van der Waals surface area contributed by atoms with Gasteiger partial charge >= 0.3 is 0 Å². The second kappa shape index (κ2) is 11.7. The Morgan fingerprint density at radius 3 is 2.43 bits per heavy atom. The number of nitrogens with one attached hydrogen (secondary N) is 1. The number of pyridine rings is 1. The summed E-state index contributed by atoms with van der Waals surface area (Å²) in [6.45, 7) is 9.89. The molecule has 1 aromatic carbocycles. The van der Waals surface area contributed by atoms with E-state index in [0.717, 1.165) is 26.2 Å². The van der Waals surface area contributed by atoms with Crippen molar-refractivity contribution >= 4 is 53.8 Å². The standard InChI is InChI=1S/C19H21N5O2.C2H4.2ClH/c1-22-9-11-23(12-10-22)13-17(25)24-16-7-3-2-5-14(16)19(26)21-15-6-4-8-20-18(15)24;1-2;;/h2-8H,9-13H2,1H3,(H,21,26);1-2H2;2*1H. The molecule has 1 aromatic heterocycles. The predicted octanol–water partition coefficient (Wildman–Crippen LogP) is 3.21. The minimum Gasteiger partial charge on any atom is -0.319 e. The Kier molecular flexibility index (Phi) is 9.95. The second-order valence-electron chi connectivity index (χ2n) is 6.65. The Morgan fingerprint density at radius 2 is 1.73 bits per heavy atom. The van der Waals surface area contributed by atoms with Crippen molar-refractivity contribution in [3.05, 3.63) is 61.3 Å². The average Bonchev–Trinajstić information content (AvgIpc) is 2.85. The van der Waals surface area contributed by atoms with Crippen LogP contribution in [0.1, 0.15) is 10.4 Å². The van der Waals surface area contributed by atoms with Crippen molar-refractivity contribution in [1.82, 2.24) is 14.8 Å². The van der Waals surface area contributed by atoms with Crippen molar-refractivity contribution in [2.24, 2.45) is 0 Å². The van der Waals surface area contributed by atoms with Crippen LogP contribution in [0.25, 0.3) is 0 Å². The van der Waals surface area contributed by atoms with Crippen LogP contribution in [0.15, 0.2) is 55.8 Å². The van der Waals surface area contributed by atoms with E-state index in [-0.39, 0.29) is 36.6 Å². The third kappa shape index (κ3) is 5.37. The largest absolute Gasteiger partial charge is 0.319 e. The minimum atomic E-state index is -0.232. The maximum absolute atomic E-state index is 13.2. The SMILES string of the molecule is C=C.CN1CCN(CC(=O)N2c3ccccc3C(=O)Nc3cccnc32)CC1.Cl.Cl. The predicted molar refractivity (Wildman–Crippen MR) is 125 cm³/mol. The summed E-state index contributed by atoms with van der Waals surface area (Å²) < 4.78 is 0. The summed E-state index contributed by atoms with van der Waals surface area (Å²) in [4.78, 5) is 36.1. The van der Waals surface area contributed by atoms with Crippen LogP contribution in [0.4, 0.5) is 17.2 Å². The lowest BCUT2D eigenvalue weighted by atomic mass is 10.1.